The largest absolute Gasteiger partial charge is 0.435 e. The lowest BCUT2D eigenvalue weighted by atomic mass is 10.3. The van der Waals surface area contributed by atoms with Crippen molar-refractivity contribution in [2.75, 3.05) is 17.2 Å². The maximum absolute atomic E-state index is 12.1. The van der Waals surface area contributed by atoms with Gasteiger partial charge in [-0.25, -0.2) is 4.98 Å². The molecule has 0 aliphatic carbocycles. The van der Waals surface area contributed by atoms with E-state index in [2.05, 4.69) is 25.3 Å². The molecule has 1 aromatic carbocycles. The van der Waals surface area contributed by atoms with Crippen LogP contribution in [-0.4, -0.2) is 23.1 Å². The number of rotatable bonds is 6. The SMILES string of the molecule is CCNc1ncc(C)c(Nc2ccc(OC(F)F)cc2)n1. The monoisotopic (exact) mass is 294 g/mol. The van der Waals surface area contributed by atoms with Gasteiger partial charge in [-0.15, -0.1) is 0 Å². The average Bonchev–Trinajstić information content (AvgIpc) is 2.44. The Morgan fingerprint density at radius 1 is 1.24 bits per heavy atom. The van der Waals surface area contributed by atoms with Gasteiger partial charge in [0, 0.05) is 24.0 Å². The Bertz CT molecular complexity index is 590. The van der Waals surface area contributed by atoms with Crippen molar-refractivity contribution < 1.29 is 13.5 Å². The summed E-state index contributed by atoms with van der Waals surface area (Å²) in [7, 11) is 0. The summed E-state index contributed by atoms with van der Waals surface area (Å²) in [5.41, 5.74) is 1.60. The van der Waals surface area contributed by atoms with E-state index < -0.39 is 6.61 Å². The van der Waals surface area contributed by atoms with Gasteiger partial charge in [-0.1, -0.05) is 0 Å². The number of aromatic nitrogens is 2. The standard InChI is InChI=1S/C14H16F2N4O/c1-3-17-14-18-8-9(2)12(20-14)19-10-4-6-11(7-5-10)21-13(15)16/h4-8,13H,3H2,1-2H3,(H2,17,18,19,20). The number of aryl methyl sites for hydroxylation is 1. The molecule has 0 amide bonds. The third kappa shape index (κ3) is 4.27. The molecule has 21 heavy (non-hydrogen) atoms. The van der Waals surface area contributed by atoms with Gasteiger partial charge in [-0.05, 0) is 38.1 Å². The number of hydrogen-bond donors (Lipinski definition) is 2. The number of halogens is 2. The van der Waals surface area contributed by atoms with E-state index in [1.54, 1.807) is 18.3 Å². The summed E-state index contributed by atoms with van der Waals surface area (Å²) in [5.74, 6) is 1.30. The van der Waals surface area contributed by atoms with E-state index in [0.29, 0.717) is 11.8 Å². The van der Waals surface area contributed by atoms with Crippen LogP contribution in [0.2, 0.25) is 0 Å². The molecule has 2 aromatic rings. The minimum absolute atomic E-state index is 0.114. The highest BCUT2D eigenvalue weighted by atomic mass is 19.3. The van der Waals surface area contributed by atoms with Gasteiger partial charge in [0.05, 0.1) is 0 Å². The number of anilines is 3. The molecule has 7 heteroatoms. The molecule has 0 fully saturated rings. The van der Waals surface area contributed by atoms with Crippen molar-refractivity contribution in [3.05, 3.63) is 36.0 Å². The number of nitrogens with one attached hydrogen (secondary N) is 2. The van der Waals surface area contributed by atoms with Gasteiger partial charge in [0.25, 0.3) is 0 Å². The molecule has 1 heterocycles. The van der Waals surface area contributed by atoms with Crippen molar-refractivity contribution in [1.29, 1.82) is 0 Å². The Balaban J connectivity index is 2.12. The number of benzene rings is 1. The van der Waals surface area contributed by atoms with Crippen LogP contribution in [0.4, 0.5) is 26.2 Å². The Morgan fingerprint density at radius 3 is 2.57 bits per heavy atom. The first-order valence-corrected chi connectivity index (χ1v) is 6.48. The van der Waals surface area contributed by atoms with E-state index in [-0.39, 0.29) is 5.75 Å². The second-order valence-corrected chi connectivity index (χ2v) is 4.28. The first kappa shape index (κ1) is 15.0. The molecule has 2 rings (SSSR count). The van der Waals surface area contributed by atoms with Crippen LogP contribution in [0.15, 0.2) is 30.5 Å². The minimum Gasteiger partial charge on any atom is -0.435 e. The van der Waals surface area contributed by atoms with E-state index in [4.69, 9.17) is 0 Å². The van der Waals surface area contributed by atoms with Crippen molar-refractivity contribution in [1.82, 2.24) is 9.97 Å². The maximum Gasteiger partial charge on any atom is 0.387 e. The van der Waals surface area contributed by atoms with E-state index in [0.717, 1.165) is 17.8 Å². The zero-order valence-electron chi connectivity index (χ0n) is 11.7. The Labute approximate surface area is 121 Å². The molecule has 0 unspecified atom stereocenters. The van der Waals surface area contributed by atoms with Crippen LogP contribution >= 0.6 is 0 Å². The predicted molar refractivity (Wildman–Crippen MR) is 77.3 cm³/mol. The molecule has 5 nitrogen and oxygen atoms in total. The van der Waals surface area contributed by atoms with Crippen molar-refractivity contribution in [2.45, 2.75) is 20.5 Å². The molecular formula is C14H16F2N4O. The Morgan fingerprint density at radius 2 is 1.95 bits per heavy atom. The van der Waals surface area contributed by atoms with Crippen molar-refractivity contribution >= 4 is 17.5 Å². The molecule has 0 bridgehead atoms. The van der Waals surface area contributed by atoms with Gasteiger partial charge in [0.15, 0.2) is 0 Å². The van der Waals surface area contributed by atoms with Gasteiger partial charge < -0.3 is 15.4 Å². The quantitative estimate of drug-likeness (QED) is 0.853. The Kier molecular flexibility index (Phi) is 4.86. The molecule has 0 saturated carbocycles. The fourth-order valence-electron chi connectivity index (χ4n) is 1.67. The predicted octanol–water partition coefficient (Wildman–Crippen LogP) is 3.56. The van der Waals surface area contributed by atoms with Gasteiger partial charge in [0.2, 0.25) is 5.95 Å². The lowest BCUT2D eigenvalue weighted by Crippen LogP contribution is -2.05. The maximum atomic E-state index is 12.1. The highest BCUT2D eigenvalue weighted by Gasteiger charge is 2.06. The van der Waals surface area contributed by atoms with Crippen LogP contribution in [0.1, 0.15) is 12.5 Å². The van der Waals surface area contributed by atoms with Gasteiger partial charge in [-0.2, -0.15) is 13.8 Å². The summed E-state index contributed by atoms with van der Waals surface area (Å²) in [6.07, 6.45) is 1.71. The third-order valence-electron chi connectivity index (χ3n) is 2.65. The molecule has 0 atom stereocenters. The smallest absolute Gasteiger partial charge is 0.387 e. The van der Waals surface area contributed by atoms with Crippen LogP contribution in [0.5, 0.6) is 5.75 Å². The third-order valence-corrected chi connectivity index (χ3v) is 2.65. The summed E-state index contributed by atoms with van der Waals surface area (Å²) >= 11 is 0. The highest BCUT2D eigenvalue weighted by molar-refractivity contribution is 5.60. The molecular weight excluding hydrogens is 278 g/mol. The normalized spacial score (nSPS) is 10.5. The van der Waals surface area contributed by atoms with E-state index >= 15 is 0 Å². The zero-order valence-corrected chi connectivity index (χ0v) is 11.7. The van der Waals surface area contributed by atoms with Gasteiger partial charge in [-0.3, -0.25) is 0 Å². The molecule has 0 aliphatic rings. The van der Waals surface area contributed by atoms with Crippen molar-refractivity contribution in [2.24, 2.45) is 0 Å². The van der Waals surface area contributed by atoms with E-state index in [9.17, 15) is 8.78 Å². The second kappa shape index (κ2) is 6.83. The van der Waals surface area contributed by atoms with Crippen molar-refractivity contribution in [3.8, 4) is 5.75 Å². The first-order valence-electron chi connectivity index (χ1n) is 6.48. The van der Waals surface area contributed by atoms with Crippen molar-refractivity contribution in [3.63, 3.8) is 0 Å². The fraction of sp³-hybridized carbons (Fsp3) is 0.286. The lowest BCUT2D eigenvalue weighted by Gasteiger charge is -2.11. The fourth-order valence-corrected chi connectivity index (χ4v) is 1.67. The molecule has 0 spiro atoms. The zero-order chi connectivity index (χ0) is 15.2. The second-order valence-electron chi connectivity index (χ2n) is 4.28. The average molecular weight is 294 g/mol. The Hall–Kier alpha value is -2.44. The minimum atomic E-state index is -2.82. The number of alkyl halides is 2. The molecule has 2 N–H and O–H groups in total. The number of hydrogen-bond acceptors (Lipinski definition) is 5. The van der Waals surface area contributed by atoms with Crippen LogP contribution in [0, 0.1) is 6.92 Å². The summed E-state index contributed by atoms with van der Waals surface area (Å²) in [4.78, 5) is 8.50. The van der Waals surface area contributed by atoms with Gasteiger partial charge >= 0.3 is 6.61 Å². The molecule has 0 radical (unpaired) electrons. The number of ether oxygens (including phenoxy) is 1. The topological polar surface area (TPSA) is 59.1 Å². The number of nitrogens with zero attached hydrogens (tertiary/aromatic N) is 2. The molecule has 112 valence electrons. The highest BCUT2D eigenvalue weighted by Crippen LogP contribution is 2.22. The summed E-state index contributed by atoms with van der Waals surface area (Å²) in [6.45, 7) is 1.74. The van der Waals surface area contributed by atoms with Crippen LogP contribution in [0.25, 0.3) is 0 Å². The molecule has 1 aromatic heterocycles. The van der Waals surface area contributed by atoms with Gasteiger partial charge in [0.1, 0.15) is 11.6 Å². The van der Waals surface area contributed by atoms with Crippen LogP contribution in [-0.2, 0) is 0 Å². The molecule has 0 aliphatic heterocycles. The van der Waals surface area contributed by atoms with E-state index in [1.165, 1.54) is 12.1 Å². The summed E-state index contributed by atoms with van der Waals surface area (Å²) < 4.78 is 28.4. The first-order chi connectivity index (χ1) is 10.1. The van der Waals surface area contributed by atoms with E-state index in [1.807, 2.05) is 13.8 Å². The summed E-state index contributed by atoms with van der Waals surface area (Å²) in [6, 6.07) is 6.23. The van der Waals surface area contributed by atoms with Crippen LogP contribution < -0.4 is 15.4 Å². The summed E-state index contributed by atoms with van der Waals surface area (Å²) in [5, 5.41) is 6.14. The van der Waals surface area contributed by atoms with Crippen LogP contribution in [0.3, 0.4) is 0 Å². The lowest BCUT2D eigenvalue weighted by molar-refractivity contribution is -0.0498. The molecule has 0 saturated heterocycles.